The van der Waals surface area contributed by atoms with Crippen molar-refractivity contribution in [2.45, 2.75) is 18.2 Å². The molecule has 0 amide bonds. The molecule has 2 aromatic rings. The monoisotopic (exact) mass is 307 g/mol. The fraction of sp³-hybridized carbons (Fsp3) is 0.357. The van der Waals surface area contributed by atoms with E-state index in [4.69, 9.17) is 4.74 Å². The van der Waals surface area contributed by atoms with Crippen LogP contribution in [0.3, 0.4) is 0 Å². The summed E-state index contributed by atoms with van der Waals surface area (Å²) in [5.41, 5.74) is 0.519. The SMILES string of the molecule is CC(=O)c1ccccc1OCC(O)CSc1nncn1C. The van der Waals surface area contributed by atoms with E-state index in [-0.39, 0.29) is 12.4 Å². The van der Waals surface area contributed by atoms with Gasteiger partial charge in [-0.2, -0.15) is 0 Å². The number of ether oxygens (including phenoxy) is 1. The number of para-hydroxylation sites is 1. The summed E-state index contributed by atoms with van der Waals surface area (Å²) >= 11 is 1.40. The van der Waals surface area contributed by atoms with E-state index in [0.717, 1.165) is 5.16 Å². The van der Waals surface area contributed by atoms with Crippen molar-refractivity contribution in [3.63, 3.8) is 0 Å². The number of thioether (sulfide) groups is 1. The Morgan fingerprint density at radius 2 is 2.24 bits per heavy atom. The fourth-order valence-corrected chi connectivity index (χ4v) is 2.48. The van der Waals surface area contributed by atoms with Crippen LogP contribution in [0.15, 0.2) is 35.7 Å². The third-order valence-corrected chi connectivity index (χ3v) is 3.95. The number of hydrogen-bond donors (Lipinski definition) is 1. The van der Waals surface area contributed by atoms with Crippen LogP contribution in [0.5, 0.6) is 5.75 Å². The Labute approximate surface area is 127 Å². The summed E-state index contributed by atoms with van der Waals surface area (Å²) in [7, 11) is 1.84. The molecular formula is C14H17N3O3S. The number of aryl methyl sites for hydroxylation is 1. The van der Waals surface area contributed by atoms with Gasteiger partial charge in [-0.1, -0.05) is 23.9 Å². The van der Waals surface area contributed by atoms with Crippen molar-refractivity contribution < 1.29 is 14.6 Å². The Hall–Kier alpha value is -1.86. The highest BCUT2D eigenvalue weighted by molar-refractivity contribution is 7.99. The van der Waals surface area contributed by atoms with Gasteiger partial charge in [0.2, 0.25) is 0 Å². The smallest absolute Gasteiger partial charge is 0.190 e. The standard InChI is InChI=1S/C14H17N3O3S/c1-10(18)12-5-3-4-6-13(12)20-7-11(19)8-21-14-16-15-9-17(14)2/h3-6,9,11,19H,7-8H2,1-2H3. The van der Waals surface area contributed by atoms with E-state index < -0.39 is 6.10 Å². The van der Waals surface area contributed by atoms with Crippen LogP contribution in [-0.2, 0) is 7.05 Å². The number of ketones is 1. The number of carbonyl (C=O) groups excluding carboxylic acids is 1. The Morgan fingerprint density at radius 3 is 2.90 bits per heavy atom. The largest absolute Gasteiger partial charge is 0.490 e. The van der Waals surface area contributed by atoms with Crippen molar-refractivity contribution in [1.29, 1.82) is 0 Å². The van der Waals surface area contributed by atoms with Crippen LogP contribution in [-0.4, -0.2) is 44.1 Å². The molecule has 0 saturated heterocycles. The third-order valence-electron chi connectivity index (χ3n) is 2.77. The molecule has 21 heavy (non-hydrogen) atoms. The molecule has 1 N–H and O–H groups in total. The summed E-state index contributed by atoms with van der Waals surface area (Å²) in [6.07, 6.45) is 0.945. The van der Waals surface area contributed by atoms with E-state index in [0.29, 0.717) is 17.1 Å². The van der Waals surface area contributed by atoms with Gasteiger partial charge in [-0.3, -0.25) is 4.79 Å². The first-order chi connectivity index (χ1) is 10.1. The van der Waals surface area contributed by atoms with Gasteiger partial charge >= 0.3 is 0 Å². The lowest BCUT2D eigenvalue weighted by molar-refractivity contribution is 0.0997. The number of carbonyl (C=O) groups is 1. The Balaban J connectivity index is 1.85. The molecule has 0 aliphatic heterocycles. The highest BCUT2D eigenvalue weighted by Crippen LogP contribution is 2.19. The van der Waals surface area contributed by atoms with E-state index >= 15 is 0 Å². The lowest BCUT2D eigenvalue weighted by Gasteiger charge is -2.13. The molecule has 7 heteroatoms. The van der Waals surface area contributed by atoms with Crippen molar-refractivity contribution in [2.24, 2.45) is 7.05 Å². The third kappa shape index (κ3) is 4.30. The van der Waals surface area contributed by atoms with Crippen molar-refractivity contribution in [1.82, 2.24) is 14.8 Å². The van der Waals surface area contributed by atoms with Crippen LogP contribution in [0.1, 0.15) is 17.3 Å². The maximum absolute atomic E-state index is 11.5. The number of hydrogen-bond acceptors (Lipinski definition) is 6. The van der Waals surface area contributed by atoms with Crippen molar-refractivity contribution in [3.8, 4) is 5.75 Å². The average molecular weight is 307 g/mol. The first kappa shape index (κ1) is 15.5. The molecule has 1 unspecified atom stereocenters. The number of rotatable bonds is 7. The van der Waals surface area contributed by atoms with Crippen LogP contribution >= 0.6 is 11.8 Å². The predicted molar refractivity (Wildman–Crippen MR) is 79.7 cm³/mol. The molecule has 0 bridgehead atoms. The molecule has 1 atom stereocenters. The number of nitrogens with zero attached hydrogens (tertiary/aromatic N) is 3. The molecule has 1 heterocycles. The van der Waals surface area contributed by atoms with Gasteiger partial charge in [0, 0.05) is 12.8 Å². The summed E-state index contributed by atoms with van der Waals surface area (Å²) in [5.74, 6) is 0.871. The first-order valence-electron chi connectivity index (χ1n) is 6.45. The average Bonchev–Trinajstić information content (AvgIpc) is 2.88. The normalized spacial score (nSPS) is 12.1. The maximum atomic E-state index is 11.5. The maximum Gasteiger partial charge on any atom is 0.190 e. The molecule has 0 aliphatic rings. The Kier molecular flexibility index (Phi) is 5.35. The number of Topliss-reactive ketones (excluding diaryl/α,β-unsaturated/α-hetero) is 1. The fourth-order valence-electron chi connectivity index (χ4n) is 1.69. The van der Waals surface area contributed by atoms with E-state index in [9.17, 15) is 9.90 Å². The predicted octanol–water partition coefficient (Wildman–Crippen LogP) is 1.55. The highest BCUT2D eigenvalue weighted by atomic mass is 32.2. The number of aromatic nitrogens is 3. The van der Waals surface area contributed by atoms with Gasteiger partial charge in [0.05, 0.1) is 11.7 Å². The van der Waals surface area contributed by atoms with Crippen LogP contribution < -0.4 is 4.74 Å². The highest BCUT2D eigenvalue weighted by Gasteiger charge is 2.12. The van der Waals surface area contributed by atoms with E-state index in [1.54, 1.807) is 35.2 Å². The summed E-state index contributed by atoms with van der Waals surface area (Å²) < 4.78 is 7.31. The van der Waals surface area contributed by atoms with Gasteiger partial charge in [-0.05, 0) is 19.1 Å². The molecule has 0 spiro atoms. The minimum Gasteiger partial charge on any atom is -0.490 e. The van der Waals surface area contributed by atoms with Crippen molar-refractivity contribution in [2.75, 3.05) is 12.4 Å². The van der Waals surface area contributed by atoms with Gasteiger partial charge in [0.25, 0.3) is 0 Å². The molecule has 1 aromatic carbocycles. The van der Waals surface area contributed by atoms with Gasteiger partial charge in [-0.25, -0.2) is 0 Å². The summed E-state index contributed by atoms with van der Waals surface area (Å²) in [4.78, 5) is 11.5. The topological polar surface area (TPSA) is 77.2 Å². The van der Waals surface area contributed by atoms with E-state index in [1.807, 2.05) is 7.05 Å². The van der Waals surface area contributed by atoms with Crippen molar-refractivity contribution in [3.05, 3.63) is 36.2 Å². The minimum absolute atomic E-state index is 0.0615. The van der Waals surface area contributed by atoms with Crippen LogP contribution in [0.4, 0.5) is 0 Å². The second-order valence-electron chi connectivity index (χ2n) is 4.55. The van der Waals surface area contributed by atoms with Crippen molar-refractivity contribution >= 4 is 17.5 Å². The van der Waals surface area contributed by atoms with Crippen LogP contribution in [0.25, 0.3) is 0 Å². The molecule has 6 nitrogen and oxygen atoms in total. The van der Waals surface area contributed by atoms with Gasteiger partial charge in [0.15, 0.2) is 10.9 Å². The summed E-state index contributed by atoms with van der Waals surface area (Å²) in [6.45, 7) is 1.61. The molecule has 0 aliphatic carbocycles. The number of aliphatic hydroxyl groups excluding tert-OH is 1. The summed E-state index contributed by atoms with van der Waals surface area (Å²) in [6, 6.07) is 7.00. The van der Waals surface area contributed by atoms with Crippen LogP contribution in [0.2, 0.25) is 0 Å². The minimum atomic E-state index is -0.660. The molecule has 0 saturated carbocycles. The lowest BCUT2D eigenvalue weighted by Crippen LogP contribution is -2.21. The van der Waals surface area contributed by atoms with Gasteiger partial charge in [-0.15, -0.1) is 10.2 Å². The molecule has 112 valence electrons. The molecule has 0 fully saturated rings. The zero-order valence-electron chi connectivity index (χ0n) is 11.9. The van der Waals surface area contributed by atoms with Gasteiger partial charge in [0.1, 0.15) is 18.7 Å². The second-order valence-corrected chi connectivity index (χ2v) is 5.54. The second kappa shape index (κ2) is 7.24. The number of aliphatic hydroxyl groups is 1. The zero-order valence-corrected chi connectivity index (χ0v) is 12.7. The molecule has 2 rings (SSSR count). The molecular weight excluding hydrogens is 290 g/mol. The quantitative estimate of drug-likeness (QED) is 0.618. The van der Waals surface area contributed by atoms with Gasteiger partial charge < -0.3 is 14.4 Å². The Morgan fingerprint density at radius 1 is 1.48 bits per heavy atom. The van der Waals surface area contributed by atoms with E-state index in [2.05, 4.69) is 10.2 Å². The molecule has 1 aromatic heterocycles. The number of benzene rings is 1. The summed E-state index contributed by atoms with van der Waals surface area (Å²) in [5, 5.41) is 18.4. The lowest BCUT2D eigenvalue weighted by atomic mass is 10.1. The molecule has 0 radical (unpaired) electrons. The Bertz CT molecular complexity index is 615. The van der Waals surface area contributed by atoms with E-state index in [1.165, 1.54) is 18.7 Å². The first-order valence-corrected chi connectivity index (χ1v) is 7.44. The van der Waals surface area contributed by atoms with Crippen LogP contribution in [0, 0.1) is 0 Å². The zero-order chi connectivity index (χ0) is 15.2.